The fraction of sp³-hybridized carbons (Fsp3) is 0.474. The molecule has 1 aromatic rings. The van der Waals surface area contributed by atoms with Crippen LogP contribution in [0.25, 0.3) is 0 Å². The van der Waals surface area contributed by atoms with Crippen molar-refractivity contribution in [2.75, 3.05) is 32.1 Å². The van der Waals surface area contributed by atoms with Gasteiger partial charge in [-0.2, -0.15) is 0 Å². The SMILES string of the molecule is CNCCCCN(C)c1cccc2c1C(=O)N(C1CCC(=O)NC1=O)C2=O. The predicted octanol–water partition coefficient (Wildman–Crippen LogP) is 0.524. The predicted molar refractivity (Wildman–Crippen MR) is 99.5 cm³/mol. The van der Waals surface area contributed by atoms with Crippen molar-refractivity contribution in [3.63, 3.8) is 0 Å². The number of nitrogens with zero attached hydrogens (tertiary/aromatic N) is 2. The molecule has 2 heterocycles. The molecule has 0 aromatic heterocycles. The first-order valence-corrected chi connectivity index (χ1v) is 9.16. The summed E-state index contributed by atoms with van der Waals surface area (Å²) in [6.45, 7) is 1.67. The first-order chi connectivity index (χ1) is 13.0. The second kappa shape index (κ2) is 7.87. The normalized spacial score (nSPS) is 19.3. The van der Waals surface area contributed by atoms with Gasteiger partial charge in [-0.3, -0.25) is 29.4 Å². The molecule has 144 valence electrons. The van der Waals surface area contributed by atoms with Gasteiger partial charge < -0.3 is 10.2 Å². The van der Waals surface area contributed by atoms with Crippen molar-refractivity contribution in [3.05, 3.63) is 29.3 Å². The number of imide groups is 2. The Morgan fingerprint density at radius 2 is 1.96 bits per heavy atom. The Bertz CT molecular complexity index is 792. The maximum atomic E-state index is 13.0. The van der Waals surface area contributed by atoms with Crippen LogP contribution in [0, 0.1) is 0 Å². The van der Waals surface area contributed by atoms with Crippen molar-refractivity contribution in [1.29, 1.82) is 0 Å². The molecule has 4 amide bonds. The molecule has 3 rings (SSSR count). The fourth-order valence-electron chi connectivity index (χ4n) is 3.59. The van der Waals surface area contributed by atoms with E-state index >= 15 is 0 Å². The minimum atomic E-state index is -0.941. The van der Waals surface area contributed by atoms with Crippen LogP contribution in [-0.4, -0.2) is 61.8 Å². The van der Waals surface area contributed by atoms with E-state index in [2.05, 4.69) is 10.6 Å². The van der Waals surface area contributed by atoms with Gasteiger partial charge >= 0.3 is 0 Å². The lowest BCUT2D eigenvalue weighted by atomic mass is 10.0. The summed E-state index contributed by atoms with van der Waals surface area (Å²) in [6, 6.07) is 4.23. The van der Waals surface area contributed by atoms with Crippen LogP contribution in [0.1, 0.15) is 46.4 Å². The van der Waals surface area contributed by atoms with Crippen LogP contribution in [-0.2, 0) is 9.59 Å². The molecule has 27 heavy (non-hydrogen) atoms. The lowest BCUT2D eigenvalue weighted by Gasteiger charge is -2.28. The Morgan fingerprint density at radius 3 is 2.67 bits per heavy atom. The van der Waals surface area contributed by atoms with Gasteiger partial charge in [0.05, 0.1) is 16.8 Å². The second-order valence-electron chi connectivity index (χ2n) is 6.88. The van der Waals surface area contributed by atoms with Crippen molar-refractivity contribution in [1.82, 2.24) is 15.5 Å². The lowest BCUT2D eigenvalue weighted by Crippen LogP contribution is -2.54. The molecule has 2 N–H and O–H groups in total. The summed E-state index contributed by atoms with van der Waals surface area (Å²) in [5.74, 6) is -1.92. The Balaban J connectivity index is 1.84. The highest BCUT2D eigenvalue weighted by Gasteiger charge is 2.45. The van der Waals surface area contributed by atoms with Gasteiger partial charge in [-0.1, -0.05) is 6.07 Å². The summed E-state index contributed by atoms with van der Waals surface area (Å²) in [5, 5.41) is 5.31. The molecular formula is C19H24N4O4. The number of amides is 4. The average Bonchev–Trinajstić information content (AvgIpc) is 2.90. The standard InChI is InChI=1S/C19H24N4O4/c1-20-10-3-4-11-22(2)13-7-5-6-12-16(13)19(27)23(18(12)26)14-8-9-15(24)21-17(14)25/h5-7,14,20H,3-4,8-11H2,1-2H3,(H,21,24,25). The fourth-order valence-corrected chi connectivity index (χ4v) is 3.59. The maximum absolute atomic E-state index is 13.0. The highest BCUT2D eigenvalue weighted by Crippen LogP contribution is 2.33. The number of nitrogens with one attached hydrogen (secondary N) is 2. The molecule has 0 bridgehead atoms. The van der Waals surface area contributed by atoms with Gasteiger partial charge in [-0.25, -0.2) is 0 Å². The van der Waals surface area contributed by atoms with Gasteiger partial charge in [0, 0.05) is 20.0 Å². The van der Waals surface area contributed by atoms with Crippen LogP contribution in [0.3, 0.4) is 0 Å². The van der Waals surface area contributed by atoms with Crippen molar-refractivity contribution in [2.24, 2.45) is 0 Å². The number of carbonyl (C=O) groups excluding carboxylic acids is 4. The summed E-state index contributed by atoms with van der Waals surface area (Å²) in [6.07, 6.45) is 2.22. The number of hydrogen-bond acceptors (Lipinski definition) is 6. The molecule has 2 aliphatic heterocycles. The molecule has 0 radical (unpaired) electrons. The third-order valence-corrected chi connectivity index (χ3v) is 5.03. The first-order valence-electron chi connectivity index (χ1n) is 9.16. The van der Waals surface area contributed by atoms with Crippen molar-refractivity contribution < 1.29 is 19.2 Å². The third-order valence-electron chi connectivity index (χ3n) is 5.03. The van der Waals surface area contributed by atoms with E-state index in [1.807, 2.05) is 25.1 Å². The summed E-state index contributed by atoms with van der Waals surface area (Å²) in [4.78, 5) is 52.4. The van der Waals surface area contributed by atoms with Crippen molar-refractivity contribution >= 4 is 29.3 Å². The lowest BCUT2D eigenvalue weighted by molar-refractivity contribution is -0.136. The average molecular weight is 372 g/mol. The molecule has 1 aromatic carbocycles. The molecule has 1 unspecified atom stereocenters. The number of carbonyl (C=O) groups is 4. The first kappa shape index (κ1) is 19.0. The number of benzene rings is 1. The van der Waals surface area contributed by atoms with E-state index in [9.17, 15) is 19.2 Å². The van der Waals surface area contributed by atoms with E-state index in [0.717, 1.165) is 30.8 Å². The van der Waals surface area contributed by atoms with Gasteiger partial charge in [0.25, 0.3) is 11.8 Å². The molecular weight excluding hydrogens is 348 g/mol. The van der Waals surface area contributed by atoms with Gasteiger partial charge in [0.1, 0.15) is 6.04 Å². The van der Waals surface area contributed by atoms with E-state index in [0.29, 0.717) is 16.8 Å². The monoisotopic (exact) mass is 372 g/mol. The van der Waals surface area contributed by atoms with Crippen molar-refractivity contribution in [3.8, 4) is 0 Å². The molecule has 2 aliphatic rings. The van der Waals surface area contributed by atoms with Gasteiger partial charge in [-0.05, 0) is 45.0 Å². The molecule has 8 heteroatoms. The smallest absolute Gasteiger partial charge is 0.264 e. The van der Waals surface area contributed by atoms with E-state index in [4.69, 9.17) is 0 Å². The quantitative estimate of drug-likeness (QED) is 0.535. The van der Waals surface area contributed by atoms with Crippen LogP contribution in [0.4, 0.5) is 5.69 Å². The molecule has 1 atom stereocenters. The van der Waals surface area contributed by atoms with Gasteiger partial charge in [-0.15, -0.1) is 0 Å². The van der Waals surface area contributed by atoms with Crippen LogP contribution in [0.15, 0.2) is 18.2 Å². The molecule has 8 nitrogen and oxygen atoms in total. The van der Waals surface area contributed by atoms with Gasteiger partial charge in [0.15, 0.2) is 0 Å². The summed E-state index contributed by atoms with van der Waals surface area (Å²) in [7, 11) is 3.79. The van der Waals surface area contributed by atoms with Crippen LogP contribution < -0.4 is 15.5 Å². The zero-order valence-electron chi connectivity index (χ0n) is 15.6. The summed E-state index contributed by atoms with van der Waals surface area (Å²) >= 11 is 0. The van der Waals surface area contributed by atoms with Crippen LogP contribution in [0.2, 0.25) is 0 Å². The molecule has 1 fully saturated rings. The highest BCUT2D eigenvalue weighted by atomic mass is 16.2. The molecule has 0 spiro atoms. The van der Waals surface area contributed by atoms with Crippen LogP contribution in [0.5, 0.6) is 0 Å². The van der Waals surface area contributed by atoms with E-state index in [-0.39, 0.29) is 18.7 Å². The van der Waals surface area contributed by atoms with E-state index in [1.165, 1.54) is 0 Å². The number of piperidine rings is 1. The second-order valence-corrected chi connectivity index (χ2v) is 6.88. The Kier molecular flexibility index (Phi) is 5.55. The molecule has 0 saturated carbocycles. The number of hydrogen-bond donors (Lipinski definition) is 2. The third kappa shape index (κ3) is 3.57. The minimum Gasteiger partial charge on any atom is -0.374 e. The van der Waals surface area contributed by atoms with Crippen molar-refractivity contribution in [2.45, 2.75) is 31.7 Å². The summed E-state index contributed by atoms with van der Waals surface area (Å²) in [5.41, 5.74) is 1.33. The molecule has 1 saturated heterocycles. The van der Waals surface area contributed by atoms with Gasteiger partial charge in [0.2, 0.25) is 11.8 Å². The van der Waals surface area contributed by atoms with Crippen LogP contribution >= 0.6 is 0 Å². The zero-order valence-corrected chi connectivity index (χ0v) is 15.6. The summed E-state index contributed by atoms with van der Waals surface area (Å²) < 4.78 is 0. The largest absolute Gasteiger partial charge is 0.374 e. The highest BCUT2D eigenvalue weighted by molar-refractivity contribution is 6.25. The number of rotatable bonds is 7. The van der Waals surface area contributed by atoms with E-state index in [1.54, 1.807) is 12.1 Å². The number of unbranched alkanes of at least 4 members (excludes halogenated alkanes) is 1. The Labute approximate surface area is 157 Å². The number of anilines is 1. The maximum Gasteiger partial charge on any atom is 0.264 e. The molecule has 0 aliphatic carbocycles. The Morgan fingerprint density at radius 1 is 1.19 bits per heavy atom. The zero-order chi connectivity index (χ0) is 19.6. The van der Waals surface area contributed by atoms with E-state index < -0.39 is 23.8 Å². The Hall–Kier alpha value is -2.74. The topological polar surface area (TPSA) is 98.8 Å². The minimum absolute atomic E-state index is 0.113. The number of fused-ring (bicyclic) bond motifs is 1.